The Morgan fingerprint density at radius 1 is 0.929 bits per heavy atom. The van der Waals surface area contributed by atoms with Crippen LogP contribution in [0.15, 0.2) is 83.3 Å². The van der Waals surface area contributed by atoms with E-state index in [4.69, 9.17) is 9.68 Å². The second kappa shape index (κ2) is 13.9. The Labute approximate surface area is 246 Å². The average molecular weight is 560 g/mol. The van der Waals surface area contributed by atoms with Gasteiger partial charge in [-0.2, -0.15) is 10.5 Å². The lowest BCUT2D eigenvalue weighted by Crippen LogP contribution is -2.40. The van der Waals surface area contributed by atoms with Crippen LogP contribution in [0.4, 0.5) is 0 Å². The van der Waals surface area contributed by atoms with Crippen LogP contribution >= 0.6 is 0 Å². The molecule has 4 rings (SSSR count). The SMILES string of the molecule is CNC(=O)C[C@@H](Cc1ccc(C#N)cc1)NC(=O)c1ccc(C#N)c(-c2ccc(CNC(C)c3ccc(C)cc3)o2)c1. The van der Waals surface area contributed by atoms with Gasteiger partial charge in [0.05, 0.1) is 29.8 Å². The van der Waals surface area contributed by atoms with E-state index in [1.807, 2.05) is 18.2 Å². The van der Waals surface area contributed by atoms with Gasteiger partial charge in [0, 0.05) is 36.7 Å². The number of hydrogen-bond donors (Lipinski definition) is 3. The van der Waals surface area contributed by atoms with Crippen molar-refractivity contribution >= 4 is 11.8 Å². The Balaban J connectivity index is 1.49. The quantitative estimate of drug-likeness (QED) is 0.228. The van der Waals surface area contributed by atoms with E-state index >= 15 is 0 Å². The largest absolute Gasteiger partial charge is 0.460 e. The smallest absolute Gasteiger partial charge is 0.251 e. The second-order valence-corrected chi connectivity index (χ2v) is 10.2. The predicted octanol–water partition coefficient (Wildman–Crippen LogP) is 5.33. The highest BCUT2D eigenvalue weighted by Crippen LogP contribution is 2.27. The number of benzene rings is 3. The topological polar surface area (TPSA) is 131 Å². The molecule has 1 aromatic heterocycles. The molecule has 0 spiro atoms. The summed E-state index contributed by atoms with van der Waals surface area (Å²) in [5.74, 6) is 0.614. The first-order valence-corrected chi connectivity index (χ1v) is 13.7. The number of nitrogens with zero attached hydrogens (tertiary/aromatic N) is 2. The van der Waals surface area contributed by atoms with Crippen molar-refractivity contribution in [2.45, 2.75) is 45.3 Å². The number of carbonyl (C=O) groups is 2. The molecule has 4 aromatic rings. The monoisotopic (exact) mass is 559 g/mol. The maximum absolute atomic E-state index is 13.3. The van der Waals surface area contributed by atoms with Gasteiger partial charge in [0.25, 0.3) is 5.91 Å². The first-order valence-electron chi connectivity index (χ1n) is 13.7. The molecular formula is C34H33N5O3. The van der Waals surface area contributed by atoms with E-state index in [0.29, 0.717) is 46.7 Å². The van der Waals surface area contributed by atoms with Crippen molar-refractivity contribution in [2.75, 3.05) is 7.05 Å². The van der Waals surface area contributed by atoms with Crippen LogP contribution in [0.5, 0.6) is 0 Å². The fourth-order valence-corrected chi connectivity index (χ4v) is 4.60. The van der Waals surface area contributed by atoms with Crippen LogP contribution in [-0.4, -0.2) is 24.9 Å². The van der Waals surface area contributed by atoms with Crippen LogP contribution in [0, 0.1) is 29.6 Å². The van der Waals surface area contributed by atoms with Crippen molar-refractivity contribution < 1.29 is 14.0 Å². The third-order valence-corrected chi connectivity index (χ3v) is 7.10. The van der Waals surface area contributed by atoms with Crippen LogP contribution < -0.4 is 16.0 Å². The molecule has 0 aliphatic heterocycles. The normalized spacial score (nSPS) is 12.0. The maximum atomic E-state index is 13.3. The van der Waals surface area contributed by atoms with Gasteiger partial charge >= 0.3 is 0 Å². The lowest BCUT2D eigenvalue weighted by Gasteiger charge is -2.19. The average Bonchev–Trinajstić information content (AvgIpc) is 3.49. The van der Waals surface area contributed by atoms with Crippen molar-refractivity contribution in [2.24, 2.45) is 0 Å². The number of furan rings is 1. The molecule has 2 atom stereocenters. The number of nitrogens with one attached hydrogen (secondary N) is 3. The third kappa shape index (κ3) is 7.72. The zero-order chi connectivity index (χ0) is 30.1. The number of aryl methyl sites for hydroxylation is 1. The molecule has 0 aliphatic rings. The van der Waals surface area contributed by atoms with Crippen LogP contribution in [0.3, 0.4) is 0 Å². The summed E-state index contributed by atoms with van der Waals surface area (Å²) in [6.07, 6.45) is 0.491. The highest BCUT2D eigenvalue weighted by Gasteiger charge is 2.20. The molecule has 8 nitrogen and oxygen atoms in total. The Bertz CT molecular complexity index is 1630. The minimum Gasteiger partial charge on any atom is -0.460 e. The fourth-order valence-electron chi connectivity index (χ4n) is 4.60. The standard InChI is InChI=1S/C34H33N5O3/c1-22-4-10-26(11-5-22)23(2)38-21-30-14-15-32(42-30)31-17-27(12-13-28(31)20-36)34(41)39-29(18-33(40)37-3)16-24-6-8-25(19-35)9-7-24/h4-15,17,23,29,38H,16,18,21H2,1-3H3,(H,37,40)(H,39,41)/t23?,29-/m1/s1. The molecule has 0 saturated carbocycles. The maximum Gasteiger partial charge on any atom is 0.251 e. The molecule has 0 fully saturated rings. The van der Waals surface area contributed by atoms with Gasteiger partial charge in [-0.3, -0.25) is 9.59 Å². The van der Waals surface area contributed by atoms with Gasteiger partial charge in [-0.1, -0.05) is 42.0 Å². The molecule has 2 amide bonds. The van der Waals surface area contributed by atoms with E-state index in [2.05, 4.69) is 66.2 Å². The molecular weight excluding hydrogens is 526 g/mol. The molecule has 0 bridgehead atoms. The lowest BCUT2D eigenvalue weighted by molar-refractivity contribution is -0.121. The summed E-state index contributed by atoms with van der Waals surface area (Å²) in [7, 11) is 1.55. The van der Waals surface area contributed by atoms with Crippen molar-refractivity contribution in [3.05, 3.63) is 118 Å². The van der Waals surface area contributed by atoms with Crippen molar-refractivity contribution in [3.8, 4) is 23.5 Å². The Kier molecular flexibility index (Phi) is 9.89. The van der Waals surface area contributed by atoms with E-state index < -0.39 is 6.04 Å². The van der Waals surface area contributed by atoms with Gasteiger partial charge in [0.15, 0.2) is 0 Å². The first-order chi connectivity index (χ1) is 20.3. The molecule has 0 radical (unpaired) electrons. The Hall–Kier alpha value is -5.18. The molecule has 1 heterocycles. The summed E-state index contributed by atoms with van der Waals surface area (Å²) < 4.78 is 6.08. The van der Waals surface area contributed by atoms with Crippen LogP contribution in [0.25, 0.3) is 11.3 Å². The number of carbonyl (C=O) groups excluding carboxylic acids is 2. The minimum absolute atomic E-state index is 0.0843. The van der Waals surface area contributed by atoms with E-state index in [1.165, 1.54) is 11.1 Å². The number of amides is 2. The third-order valence-electron chi connectivity index (χ3n) is 7.10. The molecule has 8 heteroatoms. The first kappa shape index (κ1) is 29.8. The van der Waals surface area contributed by atoms with E-state index in [9.17, 15) is 14.9 Å². The van der Waals surface area contributed by atoms with Crippen LogP contribution in [0.2, 0.25) is 0 Å². The van der Waals surface area contributed by atoms with Crippen molar-refractivity contribution in [3.63, 3.8) is 0 Å². The van der Waals surface area contributed by atoms with Crippen LogP contribution in [-0.2, 0) is 17.8 Å². The Morgan fingerprint density at radius 3 is 2.33 bits per heavy atom. The zero-order valence-electron chi connectivity index (χ0n) is 23.9. The van der Waals surface area contributed by atoms with Gasteiger partial charge in [0.1, 0.15) is 11.5 Å². The molecule has 42 heavy (non-hydrogen) atoms. The molecule has 1 unspecified atom stereocenters. The van der Waals surface area contributed by atoms with Gasteiger partial charge < -0.3 is 20.4 Å². The fraction of sp³-hybridized carbons (Fsp3) is 0.235. The highest BCUT2D eigenvalue weighted by atomic mass is 16.3. The molecule has 3 N–H and O–H groups in total. The summed E-state index contributed by atoms with van der Waals surface area (Å²) in [5, 5.41) is 27.8. The summed E-state index contributed by atoms with van der Waals surface area (Å²) in [5.41, 5.74) is 5.04. The van der Waals surface area contributed by atoms with E-state index in [0.717, 1.165) is 5.56 Å². The number of nitriles is 2. The van der Waals surface area contributed by atoms with Crippen molar-refractivity contribution in [1.29, 1.82) is 10.5 Å². The second-order valence-electron chi connectivity index (χ2n) is 10.2. The minimum atomic E-state index is -0.485. The molecule has 0 aliphatic carbocycles. The summed E-state index contributed by atoms with van der Waals surface area (Å²) in [6, 6.07) is 27.8. The van der Waals surface area contributed by atoms with Gasteiger partial charge in [-0.25, -0.2) is 0 Å². The van der Waals surface area contributed by atoms with E-state index in [1.54, 1.807) is 43.4 Å². The summed E-state index contributed by atoms with van der Waals surface area (Å²) in [4.78, 5) is 25.5. The molecule has 212 valence electrons. The lowest BCUT2D eigenvalue weighted by atomic mass is 9.99. The van der Waals surface area contributed by atoms with Gasteiger partial charge in [0.2, 0.25) is 5.91 Å². The highest BCUT2D eigenvalue weighted by molar-refractivity contribution is 5.96. The van der Waals surface area contributed by atoms with Crippen LogP contribution in [0.1, 0.15) is 63.3 Å². The summed E-state index contributed by atoms with van der Waals surface area (Å²) in [6.45, 7) is 4.64. The van der Waals surface area contributed by atoms with Gasteiger partial charge in [-0.15, -0.1) is 0 Å². The van der Waals surface area contributed by atoms with Gasteiger partial charge in [-0.05, 0) is 73.9 Å². The number of hydrogen-bond acceptors (Lipinski definition) is 6. The number of rotatable bonds is 11. The molecule has 3 aromatic carbocycles. The predicted molar refractivity (Wildman–Crippen MR) is 160 cm³/mol. The zero-order valence-corrected chi connectivity index (χ0v) is 23.9. The molecule has 0 saturated heterocycles. The van der Waals surface area contributed by atoms with E-state index in [-0.39, 0.29) is 24.3 Å². The Morgan fingerprint density at radius 2 is 1.67 bits per heavy atom. The summed E-state index contributed by atoms with van der Waals surface area (Å²) >= 11 is 0. The van der Waals surface area contributed by atoms with Crippen molar-refractivity contribution in [1.82, 2.24) is 16.0 Å².